The molecule has 2 aliphatic carbocycles. The largest absolute Gasteiger partial charge is 0.446 e. The normalized spacial score (nSPS) is 30.1. The van der Waals surface area contributed by atoms with Gasteiger partial charge in [0.2, 0.25) is 11.8 Å². The van der Waals surface area contributed by atoms with Crippen molar-refractivity contribution in [2.24, 2.45) is 5.92 Å². The number of fused-ring (bicyclic) bond motifs is 3. The van der Waals surface area contributed by atoms with E-state index in [1.165, 1.54) is 15.9 Å². The first-order valence-corrected chi connectivity index (χ1v) is 20.2. The lowest BCUT2D eigenvalue weighted by Gasteiger charge is -2.31. The van der Waals surface area contributed by atoms with Crippen molar-refractivity contribution in [2.45, 2.75) is 120 Å². The number of nitrogens with one attached hydrogen (secondary N) is 3. The molecule has 0 bridgehead atoms. The first-order valence-electron chi connectivity index (χ1n) is 18.7. The number of hydrogen-bond acceptors (Lipinski definition) is 9. The third kappa shape index (κ3) is 8.00. The zero-order valence-electron chi connectivity index (χ0n) is 29.6. The molecule has 53 heavy (non-hydrogen) atoms. The van der Waals surface area contributed by atoms with Crippen LogP contribution in [0.25, 0.3) is 0 Å². The van der Waals surface area contributed by atoms with E-state index in [0.717, 1.165) is 42.8 Å². The molecule has 5 amide bonds. The van der Waals surface area contributed by atoms with Crippen LogP contribution in [0.3, 0.4) is 0 Å². The van der Waals surface area contributed by atoms with E-state index in [1.807, 2.05) is 12.2 Å². The fourth-order valence-corrected chi connectivity index (χ4v) is 9.31. The lowest BCUT2D eigenvalue weighted by Crippen LogP contribution is -2.59. The molecule has 6 aliphatic rings. The molecule has 5 atom stereocenters. The Morgan fingerprint density at radius 2 is 1.72 bits per heavy atom. The summed E-state index contributed by atoms with van der Waals surface area (Å²) in [7, 11) is -4.12. The van der Waals surface area contributed by atoms with Crippen molar-refractivity contribution in [1.29, 1.82) is 0 Å². The molecule has 0 unspecified atom stereocenters. The Bertz CT molecular complexity index is 1770. The number of ether oxygens (including phenoxy) is 2. The van der Waals surface area contributed by atoms with Crippen LogP contribution < -0.4 is 15.4 Å². The van der Waals surface area contributed by atoms with Gasteiger partial charge in [-0.15, -0.1) is 0 Å². The molecular formula is C36H47FN6O9S. The number of amides is 5. The number of rotatable bonds is 6. The predicted molar refractivity (Wildman–Crippen MR) is 186 cm³/mol. The minimum atomic E-state index is -4.12. The maximum atomic E-state index is 14.4. The third-order valence-electron chi connectivity index (χ3n) is 11.3. The highest BCUT2D eigenvalue weighted by Crippen LogP contribution is 2.46. The van der Waals surface area contributed by atoms with Gasteiger partial charge in [-0.1, -0.05) is 37.1 Å². The Morgan fingerprint density at radius 3 is 2.45 bits per heavy atom. The van der Waals surface area contributed by atoms with Crippen molar-refractivity contribution < 1.29 is 46.3 Å². The smallest absolute Gasteiger partial charge is 0.410 e. The molecule has 3 N–H and O–H groups in total. The van der Waals surface area contributed by atoms with Crippen LogP contribution in [0, 0.1) is 11.7 Å². The van der Waals surface area contributed by atoms with Crippen molar-refractivity contribution in [3.8, 4) is 0 Å². The highest BCUT2D eigenvalue weighted by Gasteiger charge is 2.62. The molecule has 4 fully saturated rings. The predicted octanol–water partition coefficient (Wildman–Crippen LogP) is 2.75. The van der Waals surface area contributed by atoms with E-state index in [-0.39, 0.29) is 58.1 Å². The fraction of sp³-hybridized carbons (Fsp3) is 0.639. The minimum absolute atomic E-state index is 0.00208. The minimum Gasteiger partial charge on any atom is -0.446 e. The molecule has 2 saturated carbocycles. The second-order valence-electron chi connectivity index (χ2n) is 15.0. The fourth-order valence-electron chi connectivity index (χ4n) is 8.03. The molecule has 0 radical (unpaired) electrons. The second kappa shape index (κ2) is 15.2. The molecule has 4 aliphatic heterocycles. The van der Waals surface area contributed by atoms with Crippen LogP contribution >= 0.6 is 0 Å². The standard InChI is InChI=1S/C36H47FN6O9S/c37-28-14-8-10-23-20-41(22-27(23)28)35(48)52-26-18-30-31(44)39-36(33(46)40-53(49,50)42-16-9-17-42)19-24(36)11-4-2-1-3-5-15-29(32(45)43(30)21-26)38-34(47)51-25-12-6-7-13-25/h4,8,10-11,14,24-26,29-30H,1-3,5-7,9,12-13,15-22H2,(H,38,47)(H,39,44)(H,40,46)/b11-4-/t24-,26+,29-,30-,36+/m0/s1. The molecule has 1 aromatic carbocycles. The zero-order chi connectivity index (χ0) is 37.3. The maximum Gasteiger partial charge on any atom is 0.410 e. The van der Waals surface area contributed by atoms with Crippen molar-refractivity contribution in [2.75, 3.05) is 19.6 Å². The lowest BCUT2D eigenvalue weighted by molar-refractivity contribution is -0.141. The summed E-state index contributed by atoms with van der Waals surface area (Å²) in [4.78, 5) is 71.3. The van der Waals surface area contributed by atoms with Gasteiger partial charge >= 0.3 is 22.4 Å². The summed E-state index contributed by atoms with van der Waals surface area (Å²) >= 11 is 0. The van der Waals surface area contributed by atoms with Crippen LogP contribution in [0.5, 0.6) is 0 Å². The van der Waals surface area contributed by atoms with E-state index >= 15 is 0 Å². The molecule has 0 spiro atoms. The summed E-state index contributed by atoms with van der Waals surface area (Å²) in [6, 6.07) is 2.35. The van der Waals surface area contributed by atoms with E-state index in [1.54, 1.807) is 12.1 Å². The highest BCUT2D eigenvalue weighted by atomic mass is 32.2. The van der Waals surface area contributed by atoms with Crippen LogP contribution in [-0.4, -0.2) is 102 Å². The van der Waals surface area contributed by atoms with Gasteiger partial charge in [-0.3, -0.25) is 19.3 Å². The SMILES string of the molecule is O=C(N[C@H]1CCCCC/C=C\[C@H]2C[C@@]2(C(=O)NS(=O)(=O)N2CCC2)NC(=O)[C@@H]2C[C@@H](OC(=O)N3Cc4cccc(F)c4C3)CN2C1=O)OC1CCCC1. The molecule has 15 nitrogen and oxygen atoms in total. The number of carbonyl (C=O) groups excluding carboxylic acids is 5. The summed E-state index contributed by atoms with van der Waals surface area (Å²) in [6.07, 6.45) is 8.19. The Kier molecular flexibility index (Phi) is 10.7. The van der Waals surface area contributed by atoms with Gasteiger partial charge in [0, 0.05) is 37.5 Å². The number of alkyl carbamates (subject to hydrolysis) is 1. The number of allylic oxidation sites excluding steroid dienone is 1. The summed E-state index contributed by atoms with van der Waals surface area (Å²) in [5.74, 6) is -3.07. The molecule has 288 valence electrons. The zero-order valence-corrected chi connectivity index (χ0v) is 30.4. The Hall–Kier alpha value is -4.25. The summed E-state index contributed by atoms with van der Waals surface area (Å²) in [5, 5.41) is 5.53. The quantitative estimate of drug-likeness (QED) is 0.368. The maximum absolute atomic E-state index is 14.4. The summed E-state index contributed by atoms with van der Waals surface area (Å²) in [6.45, 7) is 0.521. The summed E-state index contributed by atoms with van der Waals surface area (Å²) in [5.41, 5.74) is -0.533. The monoisotopic (exact) mass is 758 g/mol. The van der Waals surface area contributed by atoms with Gasteiger partial charge in [0.15, 0.2) is 0 Å². The van der Waals surface area contributed by atoms with E-state index in [4.69, 9.17) is 9.47 Å². The Morgan fingerprint density at radius 1 is 0.943 bits per heavy atom. The molecular weight excluding hydrogens is 711 g/mol. The number of carbonyl (C=O) groups is 5. The van der Waals surface area contributed by atoms with Gasteiger partial charge in [-0.05, 0) is 69.4 Å². The van der Waals surface area contributed by atoms with E-state index in [2.05, 4.69) is 15.4 Å². The van der Waals surface area contributed by atoms with E-state index < -0.39 is 75.6 Å². The van der Waals surface area contributed by atoms with Crippen LogP contribution in [0.15, 0.2) is 30.4 Å². The van der Waals surface area contributed by atoms with Crippen LogP contribution in [0.1, 0.15) is 88.2 Å². The Balaban J connectivity index is 1.12. The molecule has 17 heteroatoms. The topological polar surface area (TPSA) is 184 Å². The Labute approximate surface area is 308 Å². The van der Waals surface area contributed by atoms with Gasteiger partial charge in [-0.2, -0.15) is 12.7 Å². The molecule has 2 saturated heterocycles. The first kappa shape index (κ1) is 37.1. The van der Waals surface area contributed by atoms with Crippen molar-refractivity contribution in [3.05, 3.63) is 47.3 Å². The summed E-state index contributed by atoms with van der Waals surface area (Å²) < 4.78 is 55.0. The van der Waals surface area contributed by atoms with Crippen LogP contribution in [-0.2, 0) is 47.2 Å². The van der Waals surface area contributed by atoms with Crippen LogP contribution in [0.4, 0.5) is 14.0 Å². The van der Waals surface area contributed by atoms with Gasteiger partial charge in [0.25, 0.3) is 5.91 Å². The van der Waals surface area contributed by atoms with Gasteiger partial charge in [-0.25, -0.2) is 18.7 Å². The van der Waals surface area contributed by atoms with Gasteiger partial charge in [0.05, 0.1) is 13.1 Å². The number of nitrogens with zero attached hydrogens (tertiary/aromatic N) is 3. The average Bonchev–Trinajstić information content (AvgIpc) is 3.51. The van der Waals surface area contributed by atoms with E-state index in [0.29, 0.717) is 30.4 Å². The van der Waals surface area contributed by atoms with Gasteiger partial charge in [0.1, 0.15) is 35.6 Å². The van der Waals surface area contributed by atoms with E-state index in [9.17, 15) is 36.8 Å². The number of benzene rings is 1. The second-order valence-corrected chi connectivity index (χ2v) is 16.7. The highest BCUT2D eigenvalue weighted by molar-refractivity contribution is 7.87. The number of halogens is 1. The third-order valence-corrected chi connectivity index (χ3v) is 12.8. The molecule has 4 heterocycles. The van der Waals surface area contributed by atoms with Crippen molar-refractivity contribution >= 4 is 40.1 Å². The number of hydrogen-bond donors (Lipinski definition) is 3. The van der Waals surface area contributed by atoms with Gasteiger partial charge < -0.3 is 25.0 Å². The first-order chi connectivity index (χ1) is 25.4. The van der Waals surface area contributed by atoms with Crippen LogP contribution in [0.2, 0.25) is 0 Å². The van der Waals surface area contributed by atoms with Crippen molar-refractivity contribution in [1.82, 2.24) is 29.5 Å². The van der Waals surface area contributed by atoms with Crippen molar-refractivity contribution in [3.63, 3.8) is 0 Å². The molecule has 1 aromatic rings. The lowest BCUT2D eigenvalue weighted by atomic mass is 10.0. The molecule has 7 rings (SSSR count). The molecule has 0 aromatic heterocycles. The average molecular weight is 759 g/mol.